The summed E-state index contributed by atoms with van der Waals surface area (Å²) in [7, 11) is 2.07. The lowest BCUT2D eigenvalue weighted by atomic mass is 9.89. The Labute approximate surface area is 440 Å². The molecule has 1 saturated heterocycles. The monoisotopic (exact) mass is 1060 g/mol. The van der Waals surface area contributed by atoms with E-state index in [1.807, 2.05) is 27.7 Å². The number of hydrogen-bond acceptors (Lipinski definition) is 14. The van der Waals surface area contributed by atoms with Gasteiger partial charge in [-0.1, -0.05) is 67.0 Å². The molecule has 0 bridgehead atoms. The Morgan fingerprint density at radius 3 is 1.86 bits per heavy atom. The van der Waals surface area contributed by atoms with Crippen LogP contribution in [0.15, 0.2) is 24.3 Å². The molecule has 21 heteroatoms. The average Bonchev–Trinajstić information content (AvgIpc) is 4.06. The first-order chi connectivity index (χ1) is 34.3. The van der Waals surface area contributed by atoms with E-state index in [0.717, 1.165) is 0 Å². The third-order valence-corrected chi connectivity index (χ3v) is 15.3. The maximum absolute atomic E-state index is 14.6. The molecule has 2 aliphatic rings. The molecule has 0 spiro atoms. The molecule has 1 heterocycles. The van der Waals surface area contributed by atoms with Crippen LogP contribution < -0.4 is 20.1 Å². The lowest BCUT2D eigenvalue weighted by molar-refractivity contribution is -0.157. The van der Waals surface area contributed by atoms with Gasteiger partial charge >= 0.3 is 12.1 Å². The molecule has 1 aliphatic carbocycles. The number of esters is 1. The molecule has 1 aromatic rings. The van der Waals surface area contributed by atoms with Crippen LogP contribution in [-0.2, 0) is 64.2 Å². The minimum Gasteiger partial charge on any atom is -0.482 e. The minimum atomic E-state index is -3.98. The molecule has 1 aromatic carbocycles. The third-order valence-electron chi connectivity index (χ3n) is 13.5. The standard InChI is InChI=1S/C53H88N6O14S/c1-18-33(6)45(57(14)50(65)43(31(2)3)55-49(64)44(32(4)5)58(15)51(66)73-53(11,12)13)40(69-16)29-41(60)59-27-19-20-39(59)46(70-17)34(7)47(62)54-38(48(63)56-74(67,68)37-25-26-37)28-35-21-23-36(24-22-35)71-30-42(61)72-52(8,9)10/h21-24,31-34,37-40,43-46H,18-20,25-30H2,1-17H3,(H,54,62)(H,55,64)(H,56,63)/t33?,34?,38?,39?,40?,43-,44?,45?,46?/m0/s1. The van der Waals surface area contributed by atoms with Crippen molar-refractivity contribution in [2.75, 3.05) is 41.5 Å². The molecular formula is C53H88N6O14S. The zero-order valence-electron chi connectivity index (χ0n) is 47.1. The Morgan fingerprint density at radius 2 is 1.36 bits per heavy atom. The molecule has 3 rings (SSSR count). The van der Waals surface area contributed by atoms with Crippen LogP contribution in [0, 0.1) is 23.7 Å². The highest BCUT2D eigenvalue weighted by atomic mass is 32.2. The molecule has 74 heavy (non-hydrogen) atoms. The van der Waals surface area contributed by atoms with E-state index in [2.05, 4.69) is 15.4 Å². The van der Waals surface area contributed by atoms with Crippen LogP contribution in [0.25, 0.3) is 0 Å². The molecule has 8 unspecified atom stereocenters. The summed E-state index contributed by atoms with van der Waals surface area (Å²) in [5.41, 5.74) is -0.919. The number of likely N-dealkylation sites (tertiary alicyclic amines) is 1. The van der Waals surface area contributed by atoms with Gasteiger partial charge < -0.3 is 44.1 Å². The Kier molecular flexibility index (Phi) is 23.2. The smallest absolute Gasteiger partial charge is 0.410 e. The topological polar surface area (TPSA) is 246 Å². The normalized spacial score (nSPS) is 18.5. The summed E-state index contributed by atoms with van der Waals surface area (Å²) in [6.45, 7) is 23.3. The Balaban J connectivity index is 1.82. The number of methoxy groups -OCH3 is 2. The van der Waals surface area contributed by atoms with Crippen LogP contribution in [0.3, 0.4) is 0 Å². The number of sulfonamides is 1. The second-order valence-electron chi connectivity index (χ2n) is 22.6. The Hall–Kier alpha value is -5.02. The van der Waals surface area contributed by atoms with E-state index in [-0.39, 0.29) is 43.1 Å². The fourth-order valence-electron chi connectivity index (χ4n) is 9.31. The molecule has 0 radical (unpaired) electrons. The summed E-state index contributed by atoms with van der Waals surface area (Å²) in [5, 5.41) is 5.00. The Bertz CT molecular complexity index is 2190. The number of hydrogen-bond donors (Lipinski definition) is 3. The van der Waals surface area contributed by atoms with Crippen molar-refractivity contribution in [2.45, 2.75) is 194 Å². The zero-order chi connectivity index (χ0) is 56.2. The highest BCUT2D eigenvalue weighted by Crippen LogP contribution is 2.31. The number of carbonyl (C=O) groups excluding carboxylic acids is 7. The van der Waals surface area contributed by atoms with Crippen molar-refractivity contribution in [3.05, 3.63) is 29.8 Å². The first kappa shape index (κ1) is 63.3. The van der Waals surface area contributed by atoms with Crippen molar-refractivity contribution in [1.29, 1.82) is 0 Å². The molecule has 2 fully saturated rings. The first-order valence-corrected chi connectivity index (χ1v) is 27.5. The van der Waals surface area contributed by atoms with E-state index in [0.29, 0.717) is 50.0 Å². The number of likely N-dealkylation sites (N-methyl/N-ethyl adjacent to an activating group) is 2. The number of ether oxygens (including phenoxy) is 5. The molecule has 3 N–H and O–H groups in total. The lowest BCUT2D eigenvalue weighted by Crippen LogP contribution is -2.60. The molecule has 1 aliphatic heterocycles. The minimum absolute atomic E-state index is 0.0938. The van der Waals surface area contributed by atoms with E-state index in [1.165, 1.54) is 26.2 Å². The quantitative estimate of drug-likeness (QED) is 0.104. The number of amides is 6. The number of nitrogens with zero attached hydrogens (tertiary/aromatic N) is 3. The van der Waals surface area contributed by atoms with Crippen molar-refractivity contribution < 1.29 is 65.7 Å². The van der Waals surface area contributed by atoms with Gasteiger partial charge in [0.1, 0.15) is 35.1 Å². The predicted molar refractivity (Wildman–Crippen MR) is 279 cm³/mol. The van der Waals surface area contributed by atoms with Crippen molar-refractivity contribution in [3.63, 3.8) is 0 Å². The highest BCUT2D eigenvalue weighted by Gasteiger charge is 2.45. The van der Waals surface area contributed by atoms with Gasteiger partial charge in [-0.15, -0.1) is 0 Å². The third kappa shape index (κ3) is 18.4. The van der Waals surface area contributed by atoms with Gasteiger partial charge in [-0.3, -0.25) is 33.6 Å². The summed E-state index contributed by atoms with van der Waals surface area (Å²) < 4.78 is 56.5. The molecule has 1 saturated carbocycles. The maximum atomic E-state index is 14.6. The highest BCUT2D eigenvalue weighted by molar-refractivity contribution is 7.90. The summed E-state index contributed by atoms with van der Waals surface area (Å²) in [6, 6.07) is 1.99. The van der Waals surface area contributed by atoms with Crippen molar-refractivity contribution in [1.82, 2.24) is 30.1 Å². The fourth-order valence-corrected chi connectivity index (χ4v) is 10.7. The SMILES string of the molecule is CCC(C)C(C(CC(=O)N1CCCC1C(OC)C(C)C(=O)NC(Cc1ccc(OCC(=O)OC(C)(C)C)cc1)C(=O)NS(=O)(=O)C1CC1)OC)N(C)C(=O)[C@@H](NC(=O)C(C(C)C)N(C)C(=O)OC(C)(C)C)C(C)C. The van der Waals surface area contributed by atoms with E-state index in [9.17, 15) is 42.0 Å². The fraction of sp³-hybridized carbons (Fsp3) is 0.755. The molecule has 420 valence electrons. The Morgan fingerprint density at radius 1 is 0.770 bits per heavy atom. The van der Waals surface area contributed by atoms with E-state index < -0.39 is 111 Å². The molecule has 20 nitrogen and oxygen atoms in total. The summed E-state index contributed by atoms with van der Waals surface area (Å²) in [6.07, 6.45) is 0.0133. The van der Waals surface area contributed by atoms with Crippen LogP contribution in [0.5, 0.6) is 5.75 Å². The second kappa shape index (κ2) is 27.2. The van der Waals surface area contributed by atoms with E-state index >= 15 is 0 Å². The largest absolute Gasteiger partial charge is 0.482 e. The van der Waals surface area contributed by atoms with Crippen LogP contribution in [0.4, 0.5) is 4.79 Å². The maximum Gasteiger partial charge on any atom is 0.410 e. The van der Waals surface area contributed by atoms with Crippen LogP contribution in [0.2, 0.25) is 0 Å². The van der Waals surface area contributed by atoms with Gasteiger partial charge in [-0.05, 0) is 103 Å². The van der Waals surface area contributed by atoms with Crippen LogP contribution >= 0.6 is 0 Å². The summed E-state index contributed by atoms with van der Waals surface area (Å²) in [4.78, 5) is 101. The molecule has 0 aromatic heterocycles. The lowest BCUT2D eigenvalue weighted by Gasteiger charge is -2.41. The first-order valence-electron chi connectivity index (χ1n) is 25.9. The predicted octanol–water partition coefficient (Wildman–Crippen LogP) is 5.00. The number of nitrogens with one attached hydrogen (secondary N) is 3. The van der Waals surface area contributed by atoms with Crippen molar-refractivity contribution >= 4 is 51.6 Å². The van der Waals surface area contributed by atoms with Gasteiger partial charge in [0, 0.05) is 41.3 Å². The van der Waals surface area contributed by atoms with E-state index in [4.69, 9.17) is 23.7 Å². The average molecular weight is 1070 g/mol. The second-order valence-corrected chi connectivity index (χ2v) is 24.6. The van der Waals surface area contributed by atoms with Gasteiger partial charge in [0.15, 0.2) is 6.61 Å². The molecule has 9 atom stereocenters. The van der Waals surface area contributed by atoms with Gasteiger partial charge in [0.2, 0.25) is 33.7 Å². The summed E-state index contributed by atoms with van der Waals surface area (Å²) in [5.74, 6) is -4.72. The van der Waals surface area contributed by atoms with Crippen LogP contribution in [0.1, 0.15) is 134 Å². The van der Waals surface area contributed by atoms with Crippen molar-refractivity contribution in [3.8, 4) is 5.75 Å². The van der Waals surface area contributed by atoms with Gasteiger partial charge in [-0.25, -0.2) is 18.0 Å². The number of benzene rings is 1. The molecular weight excluding hydrogens is 977 g/mol. The van der Waals surface area contributed by atoms with Crippen LogP contribution in [-0.4, -0.2) is 165 Å². The van der Waals surface area contributed by atoms with Crippen molar-refractivity contribution in [2.24, 2.45) is 23.7 Å². The number of carbonyl (C=O) groups is 7. The molecule has 6 amide bonds. The van der Waals surface area contributed by atoms with Gasteiger partial charge in [0.25, 0.3) is 5.91 Å². The number of rotatable bonds is 26. The summed E-state index contributed by atoms with van der Waals surface area (Å²) >= 11 is 0. The van der Waals surface area contributed by atoms with Gasteiger partial charge in [-0.2, -0.15) is 0 Å². The zero-order valence-corrected chi connectivity index (χ0v) is 47.9. The van der Waals surface area contributed by atoms with Gasteiger partial charge in [0.05, 0.1) is 41.9 Å². The van der Waals surface area contributed by atoms with E-state index in [1.54, 1.807) is 103 Å².